The Bertz CT molecular complexity index is 696. The predicted molar refractivity (Wildman–Crippen MR) is 102 cm³/mol. The number of carbonyl (C=O) groups is 1. The van der Waals surface area contributed by atoms with Gasteiger partial charge in [0.15, 0.2) is 0 Å². The van der Waals surface area contributed by atoms with Crippen LogP contribution in [-0.2, 0) is 17.8 Å². The number of halogens is 1. The SMILES string of the molecule is O=C(Cc1ccccc1)NCCC1CCN(Cc2cccc(F)c2)CC1. The van der Waals surface area contributed by atoms with Gasteiger partial charge < -0.3 is 5.32 Å². The molecule has 1 aliphatic heterocycles. The lowest BCUT2D eigenvalue weighted by molar-refractivity contribution is -0.120. The van der Waals surface area contributed by atoms with E-state index in [1.165, 1.54) is 6.07 Å². The van der Waals surface area contributed by atoms with Crippen molar-refractivity contribution in [3.05, 3.63) is 71.5 Å². The molecule has 2 aromatic rings. The van der Waals surface area contributed by atoms with Crippen LogP contribution in [0, 0.1) is 11.7 Å². The van der Waals surface area contributed by atoms with E-state index in [2.05, 4.69) is 10.2 Å². The lowest BCUT2D eigenvalue weighted by atomic mass is 9.93. The maximum atomic E-state index is 13.3. The monoisotopic (exact) mass is 354 g/mol. The molecule has 0 aromatic heterocycles. The smallest absolute Gasteiger partial charge is 0.224 e. The molecule has 0 saturated carbocycles. The Balaban J connectivity index is 1.32. The van der Waals surface area contributed by atoms with Gasteiger partial charge in [0.2, 0.25) is 5.91 Å². The summed E-state index contributed by atoms with van der Waals surface area (Å²) < 4.78 is 13.3. The second kappa shape index (κ2) is 9.48. The minimum Gasteiger partial charge on any atom is -0.356 e. The van der Waals surface area contributed by atoms with Crippen molar-refractivity contribution in [1.82, 2.24) is 10.2 Å². The molecular formula is C22H27FN2O. The van der Waals surface area contributed by atoms with Crippen LogP contribution in [0.2, 0.25) is 0 Å². The molecular weight excluding hydrogens is 327 g/mol. The third kappa shape index (κ3) is 5.95. The molecule has 0 atom stereocenters. The van der Waals surface area contributed by atoms with Crippen LogP contribution < -0.4 is 5.32 Å². The fourth-order valence-electron chi connectivity index (χ4n) is 3.59. The van der Waals surface area contributed by atoms with Crippen molar-refractivity contribution >= 4 is 5.91 Å². The van der Waals surface area contributed by atoms with Crippen molar-refractivity contribution in [3.8, 4) is 0 Å². The summed E-state index contributed by atoms with van der Waals surface area (Å²) in [6.45, 7) is 3.65. The highest BCUT2D eigenvalue weighted by Gasteiger charge is 2.19. The fourth-order valence-corrected chi connectivity index (χ4v) is 3.59. The number of piperidine rings is 1. The highest BCUT2D eigenvalue weighted by molar-refractivity contribution is 5.78. The lowest BCUT2D eigenvalue weighted by Crippen LogP contribution is -2.35. The maximum Gasteiger partial charge on any atom is 0.224 e. The minimum atomic E-state index is -0.163. The summed E-state index contributed by atoms with van der Waals surface area (Å²) in [5.41, 5.74) is 2.09. The summed E-state index contributed by atoms with van der Waals surface area (Å²) >= 11 is 0. The van der Waals surface area contributed by atoms with Gasteiger partial charge in [-0.05, 0) is 61.5 Å². The van der Waals surface area contributed by atoms with E-state index in [-0.39, 0.29) is 11.7 Å². The molecule has 1 amide bonds. The molecule has 0 aliphatic carbocycles. The molecule has 1 N–H and O–H groups in total. The van der Waals surface area contributed by atoms with E-state index in [1.807, 2.05) is 36.4 Å². The third-order valence-corrected chi connectivity index (χ3v) is 5.08. The molecule has 4 heteroatoms. The van der Waals surface area contributed by atoms with Crippen molar-refractivity contribution in [2.24, 2.45) is 5.92 Å². The topological polar surface area (TPSA) is 32.3 Å². The number of amides is 1. The van der Waals surface area contributed by atoms with Gasteiger partial charge in [0.05, 0.1) is 6.42 Å². The van der Waals surface area contributed by atoms with Crippen LogP contribution in [0.5, 0.6) is 0 Å². The second-order valence-electron chi connectivity index (χ2n) is 7.15. The van der Waals surface area contributed by atoms with E-state index in [9.17, 15) is 9.18 Å². The average molecular weight is 354 g/mol. The largest absolute Gasteiger partial charge is 0.356 e. The molecule has 26 heavy (non-hydrogen) atoms. The van der Waals surface area contributed by atoms with Gasteiger partial charge in [-0.25, -0.2) is 4.39 Å². The van der Waals surface area contributed by atoms with Crippen molar-refractivity contribution in [3.63, 3.8) is 0 Å². The number of nitrogens with one attached hydrogen (secondary N) is 1. The van der Waals surface area contributed by atoms with Crippen LogP contribution in [-0.4, -0.2) is 30.4 Å². The molecule has 1 aliphatic rings. The molecule has 2 aromatic carbocycles. The van der Waals surface area contributed by atoms with E-state index in [0.29, 0.717) is 12.3 Å². The number of carbonyl (C=O) groups excluding carboxylic acids is 1. The van der Waals surface area contributed by atoms with Crippen LogP contribution in [0.25, 0.3) is 0 Å². The first-order chi connectivity index (χ1) is 12.7. The Morgan fingerprint density at radius 2 is 1.77 bits per heavy atom. The predicted octanol–water partition coefficient (Wildman–Crippen LogP) is 3.79. The van der Waals surface area contributed by atoms with Gasteiger partial charge in [-0.2, -0.15) is 0 Å². The zero-order valence-corrected chi connectivity index (χ0v) is 15.2. The van der Waals surface area contributed by atoms with Crippen molar-refractivity contribution < 1.29 is 9.18 Å². The molecule has 1 saturated heterocycles. The van der Waals surface area contributed by atoms with Crippen molar-refractivity contribution in [2.75, 3.05) is 19.6 Å². The summed E-state index contributed by atoms with van der Waals surface area (Å²) in [4.78, 5) is 14.4. The molecule has 1 fully saturated rings. The van der Waals surface area contributed by atoms with Gasteiger partial charge in [0, 0.05) is 13.1 Å². The molecule has 0 bridgehead atoms. The van der Waals surface area contributed by atoms with Gasteiger partial charge in [-0.3, -0.25) is 9.69 Å². The number of nitrogens with zero attached hydrogens (tertiary/aromatic N) is 1. The molecule has 0 spiro atoms. The normalized spacial score (nSPS) is 15.7. The summed E-state index contributed by atoms with van der Waals surface area (Å²) in [6.07, 6.45) is 3.77. The summed E-state index contributed by atoms with van der Waals surface area (Å²) in [7, 11) is 0. The van der Waals surface area contributed by atoms with Crippen LogP contribution >= 0.6 is 0 Å². The summed E-state index contributed by atoms with van der Waals surface area (Å²) in [5, 5.41) is 3.04. The average Bonchev–Trinajstić information content (AvgIpc) is 2.64. The Morgan fingerprint density at radius 1 is 1.04 bits per heavy atom. The molecule has 3 nitrogen and oxygen atoms in total. The van der Waals surface area contributed by atoms with E-state index in [1.54, 1.807) is 12.1 Å². The van der Waals surface area contributed by atoms with E-state index in [0.717, 1.165) is 56.6 Å². The molecule has 0 unspecified atom stereocenters. The Hall–Kier alpha value is -2.20. The van der Waals surface area contributed by atoms with Crippen LogP contribution in [0.3, 0.4) is 0 Å². The number of hydrogen-bond donors (Lipinski definition) is 1. The van der Waals surface area contributed by atoms with Crippen molar-refractivity contribution in [2.45, 2.75) is 32.2 Å². The van der Waals surface area contributed by atoms with Crippen LogP contribution in [0.15, 0.2) is 54.6 Å². The summed E-state index contributed by atoms with van der Waals surface area (Å²) in [6, 6.07) is 16.7. The van der Waals surface area contributed by atoms with Crippen LogP contribution in [0.4, 0.5) is 4.39 Å². The maximum absolute atomic E-state index is 13.3. The Kier molecular flexibility index (Phi) is 6.78. The number of rotatable bonds is 7. The van der Waals surface area contributed by atoms with E-state index in [4.69, 9.17) is 0 Å². The first-order valence-corrected chi connectivity index (χ1v) is 9.46. The molecule has 1 heterocycles. The molecule has 138 valence electrons. The number of hydrogen-bond acceptors (Lipinski definition) is 2. The molecule has 0 radical (unpaired) electrons. The minimum absolute atomic E-state index is 0.0970. The third-order valence-electron chi connectivity index (χ3n) is 5.08. The first-order valence-electron chi connectivity index (χ1n) is 9.46. The highest BCUT2D eigenvalue weighted by Crippen LogP contribution is 2.21. The van der Waals surface area contributed by atoms with E-state index < -0.39 is 0 Å². The number of likely N-dealkylation sites (tertiary alicyclic amines) is 1. The zero-order chi connectivity index (χ0) is 18.2. The Morgan fingerprint density at radius 3 is 2.50 bits per heavy atom. The number of benzene rings is 2. The Labute approximate surface area is 155 Å². The lowest BCUT2D eigenvalue weighted by Gasteiger charge is -2.32. The fraction of sp³-hybridized carbons (Fsp3) is 0.409. The van der Waals surface area contributed by atoms with Crippen molar-refractivity contribution in [1.29, 1.82) is 0 Å². The molecule has 3 rings (SSSR count). The zero-order valence-electron chi connectivity index (χ0n) is 15.2. The van der Waals surface area contributed by atoms with E-state index >= 15 is 0 Å². The summed E-state index contributed by atoms with van der Waals surface area (Å²) in [5.74, 6) is 0.596. The van der Waals surface area contributed by atoms with Gasteiger partial charge in [-0.15, -0.1) is 0 Å². The van der Waals surface area contributed by atoms with Gasteiger partial charge >= 0.3 is 0 Å². The second-order valence-corrected chi connectivity index (χ2v) is 7.15. The van der Waals surface area contributed by atoms with Gasteiger partial charge in [0.25, 0.3) is 0 Å². The quantitative estimate of drug-likeness (QED) is 0.820. The van der Waals surface area contributed by atoms with Crippen LogP contribution in [0.1, 0.15) is 30.4 Å². The highest BCUT2D eigenvalue weighted by atomic mass is 19.1. The van der Waals surface area contributed by atoms with Gasteiger partial charge in [-0.1, -0.05) is 42.5 Å². The van der Waals surface area contributed by atoms with Gasteiger partial charge in [0.1, 0.15) is 5.82 Å². The first kappa shape index (κ1) is 18.6. The standard InChI is InChI=1S/C22H27FN2O/c23-21-8-4-7-20(15-21)17-25-13-10-18(11-14-25)9-12-24-22(26)16-19-5-2-1-3-6-19/h1-8,15,18H,9-14,16-17H2,(H,24,26).